The maximum absolute atomic E-state index is 11.0. The monoisotopic (exact) mass is 285 g/mol. The van der Waals surface area contributed by atoms with E-state index in [0.717, 1.165) is 32.5 Å². The summed E-state index contributed by atoms with van der Waals surface area (Å²) in [4.78, 5) is 13.2. The number of ether oxygens (including phenoxy) is 1. The van der Waals surface area contributed by atoms with Crippen LogP contribution in [0, 0.1) is 5.92 Å². The Bertz CT molecular complexity index is 324. The van der Waals surface area contributed by atoms with Gasteiger partial charge in [0.1, 0.15) is 0 Å². The number of nitrogens with zero attached hydrogens (tertiary/aromatic N) is 1. The van der Waals surface area contributed by atoms with Crippen LogP contribution >= 0.6 is 0 Å². The Kier molecular flexibility index (Phi) is 5.41. The standard InChI is InChI=1S/C15H27NO4/c1-2-20-13-4-3-9-16(10-13)11-15(19)7-5-12(6-8-15)14(17)18/h12-13,19H,2-11H2,1H3,(H,17,18). The molecule has 116 valence electrons. The van der Waals surface area contributed by atoms with Gasteiger partial charge in [-0.1, -0.05) is 0 Å². The Morgan fingerprint density at radius 2 is 2.05 bits per heavy atom. The fraction of sp³-hybridized carbons (Fsp3) is 0.933. The number of piperidine rings is 1. The van der Waals surface area contributed by atoms with Gasteiger partial charge in [-0.3, -0.25) is 9.69 Å². The van der Waals surface area contributed by atoms with E-state index in [9.17, 15) is 9.90 Å². The lowest BCUT2D eigenvalue weighted by atomic mass is 9.78. The van der Waals surface area contributed by atoms with E-state index in [0.29, 0.717) is 32.2 Å². The number of carboxylic acid groups (broad SMARTS) is 1. The zero-order valence-electron chi connectivity index (χ0n) is 12.4. The van der Waals surface area contributed by atoms with Crippen molar-refractivity contribution in [3.8, 4) is 0 Å². The van der Waals surface area contributed by atoms with Gasteiger partial charge in [0, 0.05) is 19.7 Å². The summed E-state index contributed by atoms with van der Waals surface area (Å²) < 4.78 is 5.68. The highest BCUT2D eigenvalue weighted by Gasteiger charge is 2.37. The van der Waals surface area contributed by atoms with Gasteiger partial charge < -0.3 is 14.9 Å². The van der Waals surface area contributed by atoms with E-state index < -0.39 is 11.6 Å². The summed E-state index contributed by atoms with van der Waals surface area (Å²) in [6.45, 7) is 5.30. The molecule has 0 aromatic rings. The van der Waals surface area contributed by atoms with Crippen molar-refractivity contribution in [3.05, 3.63) is 0 Å². The molecule has 5 heteroatoms. The van der Waals surface area contributed by atoms with Gasteiger partial charge in [-0.05, 0) is 52.0 Å². The summed E-state index contributed by atoms with van der Waals surface area (Å²) in [5, 5.41) is 19.7. The highest BCUT2D eigenvalue weighted by Crippen LogP contribution is 2.33. The van der Waals surface area contributed by atoms with Crippen molar-refractivity contribution in [1.82, 2.24) is 4.90 Å². The molecule has 0 aromatic heterocycles. The number of aliphatic hydroxyl groups is 1. The molecule has 0 bridgehead atoms. The number of aliphatic carboxylic acids is 1. The molecule has 2 aliphatic rings. The van der Waals surface area contributed by atoms with Crippen molar-refractivity contribution in [2.24, 2.45) is 5.92 Å². The van der Waals surface area contributed by atoms with Gasteiger partial charge >= 0.3 is 5.97 Å². The molecule has 0 spiro atoms. The average Bonchev–Trinajstić information content (AvgIpc) is 2.39. The molecular formula is C15H27NO4. The van der Waals surface area contributed by atoms with Crippen LogP contribution in [0.4, 0.5) is 0 Å². The molecule has 5 nitrogen and oxygen atoms in total. The molecule has 1 saturated carbocycles. The van der Waals surface area contributed by atoms with Crippen LogP contribution in [-0.4, -0.2) is 59.0 Å². The predicted octanol–water partition coefficient (Wildman–Crippen LogP) is 1.49. The summed E-state index contributed by atoms with van der Waals surface area (Å²) in [6, 6.07) is 0. The minimum absolute atomic E-state index is 0.271. The van der Waals surface area contributed by atoms with Gasteiger partial charge in [-0.25, -0.2) is 0 Å². The largest absolute Gasteiger partial charge is 0.481 e. The van der Waals surface area contributed by atoms with Crippen LogP contribution in [0.15, 0.2) is 0 Å². The lowest BCUT2D eigenvalue weighted by molar-refractivity contribution is -0.145. The first-order valence-corrected chi connectivity index (χ1v) is 7.81. The van der Waals surface area contributed by atoms with Crippen LogP contribution < -0.4 is 0 Å². The van der Waals surface area contributed by atoms with Gasteiger partial charge in [0.2, 0.25) is 0 Å². The third kappa shape index (κ3) is 4.17. The van der Waals surface area contributed by atoms with Crippen LogP contribution in [0.2, 0.25) is 0 Å². The number of hydrogen-bond donors (Lipinski definition) is 2. The maximum atomic E-state index is 11.0. The van der Waals surface area contributed by atoms with E-state index in [-0.39, 0.29) is 12.0 Å². The summed E-state index contributed by atoms with van der Waals surface area (Å²) in [5.74, 6) is -0.991. The van der Waals surface area contributed by atoms with Crippen LogP contribution in [0.5, 0.6) is 0 Å². The molecular weight excluding hydrogens is 258 g/mol. The molecule has 0 aromatic carbocycles. The number of β-amino-alcohol motifs (C(OH)–C–C–N with tert-alkyl or cyclic N) is 1. The molecule has 0 amide bonds. The van der Waals surface area contributed by atoms with Crippen molar-refractivity contribution in [2.45, 2.75) is 57.2 Å². The maximum Gasteiger partial charge on any atom is 0.306 e. The summed E-state index contributed by atoms with van der Waals surface area (Å²) in [7, 11) is 0. The molecule has 1 aliphatic heterocycles. The van der Waals surface area contributed by atoms with Crippen LogP contribution in [0.1, 0.15) is 45.4 Å². The highest BCUT2D eigenvalue weighted by atomic mass is 16.5. The first kappa shape index (κ1) is 15.7. The molecule has 2 fully saturated rings. The number of carbonyl (C=O) groups is 1. The van der Waals surface area contributed by atoms with Gasteiger partial charge in [-0.15, -0.1) is 0 Å². The zero-order chi connectivity index (χ0) is 14.6. The summed E-state index contributed by atoms with van der Waals surface area (Å²) in [6.07, 6.45) is 4.87. The van der Waals surface area contributed by atoms with E-state index in [4.69, 9.17) is 9.84 Å². The van der Waals surface area contributed by atoms with Gasteiger partial charge in [0.05, 0.1) is 17.6 Å². The second-order valence-corrected chi connectivity index (χ2v) is 6.29. The fourth-order valence-corrected chi connectivity index (χ4v) is 3.50. The molecule has 20 heavy (non-hydrogen) atoms. The number of likely N-dealkylation sites (tertiary alicyclic amines) is 1. The van der Waals surface area contributed by atoms with E-state index >= 15 is 0 Å². The smallest absolute Gasteiger partial charge is 0.306 e. The highest BCUT2D eigenvalue weighted by molar-refractivity contribution is 5.70. The van der Waals surface area contributed by atoms with Crippen LogP contribution in [0.3, 0.4) is 0 Å². The molecule has 1 unspecified atom stereocenters. The second kappa shape index (κ2) is 6.87. The first-order valence-electron chi connectivity index (χ1n) is 7.81. The Morgan fingerprint density at radius 3 is 2.65 bits per heavy atom. The minimum Gasteiger partial charge on any atom is -0.481 e. The van der Waals surface area contributed by atoms with E-state index in [1.165, 1.54) is 0 Å². The molecule has 1 saturated heterocycles. The van der Waals surface area contributed by atoms with Crippen LogP contribution in [-0.2, 0) is 9.53 Å². The average molecular weight is 285 g/mol. The predicted molar refractivity (Wildman–Crippen MR) is 75.6 cm³/mol. The van der Waals surface area contributed by atoms with Crippen molar-refractivity contribution in [3.63, 3.8) is 0 Å². The minimum atomic E-state index is -0.721. The summed E-state index contributed by atoms with van der Waals surface area (Å²) >= 11 is 0. The molecule has 0 radical (unpaired) electrons. The van der Waals surface area contributed by atoms with E-state index in [1.807, 2.05) is 6.92 Å². The first-order chi connectivity index (χ1) is 9.52. The van der Waals surface area contributed by atoms with E-state index in [2.05, 4.69) is 4.90 Å². The third-order valence-electron chi connectivity index (χ3n) is 4.65. The van der Waals surface area contributed by atoms with E-state index in [1.54, 1.807) is 0 Å². The Labute approximate surface area is 120 Å². The van der Waals surface area contributed by atoms with Crippen molar-refractivity contribution < 1.29 is 19.7 Å². The third-order valence-corrected chi connectivity index (χ3v) is 4.65. The van der Waals surface area contributed by atoms with Crippen molar-refractivity contribution >= 4 is 5.97 Å². The van der Waals surface area contributed by atoms with Crippen LogP contribution in [0.25, 0.3) is 0 Å². The van der Waals surface area contributed by atoms with Crippen molar-refractivity contribution in [1.29, 1.82) is 0 Å². The normalized spacial score (nSPS) is 35.9. The molecule has 2 rings (SSSR count). The lowest BCUT2D eigenvalue weighted by Gasteiger charge is -2.41. The lowest BCUT2D eigenvalue weighted by Crippen LogP contribution is -2.50. The topological polar surface area (TPSA) is 70.0 Å². The fourth-order valence-electron chi connectivity index (χ4n) is 3.50. The second-order valence-electron chi connectivity index (χ2n) is 6.29. The molecule has 1 atom stereocenters. The molecule has 1 heterocycles. The zero-order valence-corrected chi connectivity index (χ0v) is 12.4. The number of hydrogen-bond acceptors (Lipinski definition) is 4. The van der Waals surface area contributed by atoms with Crippen molar-refractivity contribution in [2.75, 3.05) is 26.2 Å². The molecule has 2 N–H and O–H groups in total. The number of carboxylic acids is 1. The Hall–Kier alpha value is -0.650. The quantitative estimate of drug-likeness (QED) is 0.801. The van der Waals surface area contributed by atoms with Gasteiger partial charge in [0.25, 0.3) is 0 Å². The summed E-state index contributed by atoms with van der Waals surface area (Å²) in [5.41, 5.74) is -0.708. The SMILES string of the molecule is CCOC1CCCN(CC2(O)CCC(C(=O)O)CC2)C1. The number of rotatable bonds is 5. The van der Waals surface area contributed by atoms with Gasteiger partial charge in [0.15, 0.2) is 0 Å². The Morgan fingerprint density at radius 1 is 1.35 bits per heavy atom. The molecule has 1 aliphatic carbocycles. The Balaban J connectivity index is 1.81. The van der Waals surface area contributed by atoms with Gasteiger partial charge in [-0.2, -0.15) is 0 Å².